The van der Waals surface area contributed by atoms with Crippen molar-refractivity contribution in [1.82, 2.24) is 81.6 Å². The summed E-state index contributed by atoms with van der Waals surface area (Å²) in [5.74, 6) is 0.495. The van der Waals surface area contributed by atoms with E-state index in [1.807, 2.05) is 119 Å². The third kappa shape index (κ3) is 68.8. The SMILES string of the molecule is C.C.C.C.C.C.CC.CC.CC.CC.CC1=NNC(=O)C1.CC1=NNC(=O)C1.CC1N=CNN1.CN1CCCC1.CN1CCCCC1.CN1CCN(C)CC1.Cc1cc(=O)o[nH]1.Cc1n[nH]c(=S)s1.Cc1nnc(N)o1.Cc1noc(=O)[nH]1.Cn1cccc1. The number of nitrogen functional groups attached to an aromatic ring is 1. The zero-order valence-corrected chi connectivity index (χ0v) is 55.4. The fraction of sp³-hybridized carbons (Fsp3) is 0.700. The minimum Gasteiger partial charge on any atom is -0.409 e. The Hall–Kier alpha value is -6.50. The highest BCUT2D eigenvalue weighted by atomic mass is 32.1. The van der Waals surface area contributed by atoms with E-state index in [4.69, 9.17) is 18.0 Å². The quantitative estimate of drug-likeness (QED) is 0.0668. The molecule has 1 atom stereocenters. The van der Waals surface area contributed by atoms with Crippen molar-refractivity contribution in [3.05, 3.63) is 77.9 Å². The van der Waals surface area contributed by atoms with Gasteiger partial charge in [0.05, 0.1) is 24.9 Å². The number of carbonyl (C=O) groups is 2. The molecule has 0 aromatic carbocycles. The number of nitrogens with two attached hydrogens (primary N) is 1. The van der Waals surface area contributed by atoms with E-state index < -0.39 is 5.76 Å². The number of nitrogens with one attached hydrogen (secondary N) is 7. The first-order chi connectivity index (χ1) is 39.6. The molecule has 11 heterocycles. The predicted molar refractivity (Wildman–Crippen MR) is 382 cm³/mol. The van der Waals surface area contributed by atoms with Crippen LogP contribution >= 0.6 is 23.6 Å². The van der Waals surface area contributed by atoms with Gasteiger partial charge in [-0.05, 0) is 146 Å². The molecule has 0 bridgehead atoms. The summed E-state index contributed by atoms with van der Waals surface area (Å²) in [7, 11) is 10.7. The summed E-state index contributed by atoms with van der Waals surface area (Å²) in [4.78, 5) is 56.2. The van der Waals surface area contributed by atoms with Gasteiger partial charge in [-0.15, -0.1) is 5.10 Å². The molecule has 0 spiro atoms. The molecular formula is C60H130N20O7S2. The predicted octanol–water partition coefficient (Wildman–Crippen LogP) is 11.3. The molecular weight excluding hydrogens is 1180 g/mol. The summed E-state index contributed by atoms with van der Waals surface area (Å²) in [6.45, 7) is 38.8. The molecule has 6 aliphatic rings. The molecule has 89 heavy (non-hydrogen) atoms. The van der Waals surface area contributed by atoms with Gasteiger partial charge in [-0.25, -0.2) is 31.0 Å². The lowest BCUT2D eigenvalue weighted by molar-refractivity contribution is -0.120. The normalized spacial score (nSPS) is 14.9. The largest absolute Gasteiger partial charge is 0.438 e. The van der Waals surface area contributed by atoms with Crippen LogP contribution in [-0.4, -0.2) is 176 Å². The number of hydrogen-bond donors (Lipinski definition) is 8. The number of carbonyl (C=O) groups excluding carboxylic acids is 2. The fourth-order valence-corrected chi connectivity index (χ4v) is 6.68. The number of piperazine rings is 1. The van der Waals surface area contributed by atoms with Gasteiger partial charge in [0.2, 0.25) is 17.7 Å². The number of aliphatic imine (C=N–C) groups is 1. The number of nitrogens with zero attached hydrogens (tertiary/aromatic N) is 12. The molecule has 2 amide bonds. The maximum absolute atomic E-state index is 10.2. The number of amides is 2. The molecule has 524 valence electrons. The van der Waals surface area contributed by atoms with E-state index in [0.29, 0.717) is 24.6 Å². The van der Waals surface area contributed by atoms with E-state index in [9.17, 15) is 19.2 Å². The lowest BCUT2D eigenvalue weighted by Gasteiger charge is -2.28. The van der Waals surface area contributed by atoms with Gasteiger partial charge in [-0.2, -0.15) is 15.3 Å². The maximum atomic E-state index is 10.2. The molecule has 0 saturated carbocycles. The van der Waals surface area contributed by atoms with Gasteiger partial charge in [0.15, 0.2) is 3.95 Å². The number of aryl methyl sites for hydroxylation is 5. The topological polar surface area (TPSA) is 336 Å². The highest BCUT2D eigenvalue weighted by Crippen LogP contribution is 2.05. The van der Waals surface area contributed by atoms with Crippen molar-refractivity contribution >= 4 is 59.1 Å². The Morgan fingerprint density at radius 2 is 1.06 bits per heavy atom. The van der Waals surface area contributed by atoms with Crippen LogP contribution in [0.1, 0.15) is 188 Å². The van der Waals surface area contributed by atoms with Crippen LogP contribution < -0.4 is 38.8 Å². The number of likely N-dealkylation sites (N-methyl/N-ethyl adjacent to an activating group) is 2. The molecule has 0 aliphatic carbocycles. The molecule has 9 N–H and O–H groups in total. The molecule has 27 nitrogen and oxygen atoms in total. The van der Waals surface area contributed by atoms with Crippen molar-refractivity contribution in [3.63, 3.8) is 0 Å². The molecule has 29 heteroatoms. The third-order valence-corrected chi connectivity index (χ3v) is 10.9. The molecule has 3 saturated heterocycles. The Balaban J connectivity index is -0.0000000947. The first-order valence-corrected chi connectivity index (χ1v) is 29.6. The lowest BCUT2D eigenvalue weighted by Crippen LogP contribution is -2.42. The summed E-state index contributed by atoms with van der Waals surface area (Å²) in [6.07, 6.45) is 13.9. The number of H-pyrrole nitrogens is 3. The number of hydrogen-bond acceptors (Lipinski definition) is 23. The molecule has 6 aliphatic heterocycles. The zero-order chi connectivity index (χ0) is 64.0. The smallest absolute Gasteiger partial charge is 0.409 e. The van der Waals surface area contributed by atoms with Crippen molar-refractivity contribution in [2.45, 2.75) is 200 Å². The van der Waals surface area contributed by atoms with Crippen LogP contribution in [0.5, 0.6) is 0 Å². The molecule has 5 aromatic heterocycles. The number of aromatic amines is 3. The highest BCUT2D eigenvalue weighted by Gasteiger charge is 2.10. The number of rotatable bonds is 0. The van der Waals surface area contributed by atoms with E-state index in [1.54, 1.807) is 27.1 Å². The monoisotopic (exact) mass is 1310 g/mol. The second-order valence-corrected chi connectivity index (χ2v) is 19.4. The Morgan fingerprint density at radius 1 is 0.629 bits per heavy atom. The van der Waals surface area contributed by atoms with Crippen molar-refractivity contribution in [3.8, 4) is 0 Å². The van der Waals surface area contributed by atoms with E-state index in [-0.39, 0.29) is 74.2 Å². The number of likely N-dealkylation sites (tertiary alicyclic amines) is 2. The number of piperidine rings is 1. The Bertz CT molecular complexity index is 2340. The van der Waals surface area contributed by atoms with E-state index in [2.05, 4.69) is 134 Å². The van der Waals surface area contributed by atoms with Crippen molar-refractivity contribution in [2.75, 3.05) is 86.3 Å². The zero-order valence-electron chi connectivity index (χ0n) is 53.8. The first kappa shape index (κ1) is 104. The van der Waals surface area contributed by atoms with Gasteiger partial charge in [-0.3, -0.25) is 29.2 Å². The van der Waals surface area contributed by atoms with Gasteiger partial charge in [0.1, 0.15) is 17.0 Å². The molecule has 3 fully saturated rings. The van der Waals surface area contributed by atoms with E-state index >= 15 is 0 Å². The number of hydrazine groups is 1. The van der Waals surface area contributed by atoms with Crippen molar-refractivity contribution in [1.29, 1.82) is 0 Å². The summed E-state index contributed by atoms with van der Waals surface area (Å²) in [6, 6.07) is 5.51. The molecule has 11 rings (SSSR count). The second kappa shape index (κ2) is 70.6. The minimum absolute atomic E-state index is 0. The summed E-state index contributed by atoms with van der Waals surface area (Å²) in [5, 5.41) is 27.2. The fourth-order valence-electron chi connectivity index (χ4n) is 5.82. The van der Waals surface area contributed by atoms with Crippen molar-refractivity contribution in [2.24, 2.45) is 22.2 Å². The van der Waals surface area contributed by atoms with Gasteiger partial charge in [0, 0.05) is 70.0 Å². The van der Waals surface area contributed by atoms with Crippen LogP contribution in [0.4, 0.5) is 6.01 Å². The van der Waals surface area contributed by atoms with Crippen LogP contribution in [0.25, 0.3) is 0 Å². The number of hydrazone groups is 2. The van der Waals surface area contributed by atoms with Crippen LogP contribution in [0.15, 0.2) is 68.8 Å². The third-order valence-electron chi connectivity index (χ3n) is 9.90. The second-order valence-electron chi connectivity index (χ2n) is 17.5. The average Bonchev–Trinajstić information content (AvgIpc) is 4.35. The van der Waals surface area contributed by atoms with Gasteiger partial charge < -0.3 is 44.3 Å². The standard InChI is InChI=1S/C6H14N2.C6H13N.C5H11N.C5H7N.2C4H6N2O.C4H5NO2.C3H5N3O.C3H7N3.C3H4N2O2.C3H4N2S2.4C2H6.6CH4/c1-7-3-5-8(2)6-4-7;1-7-5-3-2-4-6-7;2*1-6-4-2-3-5-6;2*1-3-2-4(7)6-5-3;1-3-2-4(6)7-5-3;1-2-5-6-3(4)7-2;1-3-4-2-5-6-3;1-2-4-3(6)7-5-2;1-2-4-5-3(6)7-2;4*1-2;;;;;;/h3-6H2,1-2H3;2-6H2,1H3;2-5H2,1H3;2-5H,1H3;2*2H2,1H3,(H,6,7);2,5H,1H3;1H3,(H2,4,6);2-3,6H,1H3,(H,4,5);1H3,(H,4,5,6);1H3,(H,5,6);4*1-2H3;6*1H4. The number of aromatic nitrogens is 8. The molecule has 5 aromatic rings. The highest BCUT2D eigenvalue weighted by molar-refractivity contribution is 7.73. The van der Waals surface area contributed by atoms with Crippen molar-refractivity contribution < 1.29 is 23.1 Å². The van der Waals surface area contributed by atoms with Gasteiger partial charge in [-0.1, -0.05) is 128 Å². The lowest BCUT2D eigenvalue weighted by atomic mass is 10.1. The van der Waals surface area contributed by atoms with Crippen LogP contribution in [0.3, 0.4) is 0 Å². The average molecular weight is 1310 g/mol. The Morgan fingerprint density at radius 3 is 1.18 bits per heavy atom. The maximum Gasteiger partial charge on any atom is 0.438 e. The Labute approximate surface area is 547 Å². The van der Waals surface area contributed by atoms with E-state index in [0.717, 1.165) is 26.1 Å². The van der Waals surface area contributed by atoms with Gasteiger partial charge in [0.25, 0.3) is 0 Å². The van der Waals surface area contributed by atoms with Gasteiger partial charge >= 0.3 is 17.4 Å². The Kier molecular flexibility index (Phi) is 82.7. The minimum atomic E-state index is -0.502. The molecule has 0 radical (unpaired) electrons. The number of anilines is 1. The van der Waals surface area contributed by atoms with Crippen LogP contribution in [0, 0.1) is 31.6 Å². The summed E-state index contributed by atoms with van der Waals surface area (Å²) in [5.41, 5.74) is 17.4. The van der Waals surface area contributed by atoms with Crippen LogP contribution in [-0.2, 0) is 16.6 Å². The first-order valence-electron chi connectivity index (χ1n) is 28.3. The van der Waals surface area contributed by atoms with E-state index in [1.165, 1.54) is 102 Å². The van der Waals surface area contributed by atoms with Crippen LogP contribution in [0.2, 0.25) is 0 Å². The molecule has 1 unspecified atom stereocenters. The summed E-state index contributed by atoms with van der Waals surface area (Å²) >= 11 is 6.22. The summed E-state index contributed by atoms with van der Waals surface area (Å²) < 4.78 is 15.8.